The van der Waals surface area contributed by atoms with Gasteiger partial charge in [-0.25, -0.2) is 8.42 Å². The summed E-state index contributed by atoms with van der Waals surface area (Å²) in [6.07, 6.45) is 18.8. The molecule has 0 fully saturated rings. The third-order valence-electron chi connectivity index (χ3n) is 6.20. The fourth-order valence-corrected chi connectivity index (χ4v) is 5.10. The SMILES string of the molecule is CCCCCCCCCCCCCCCCOc1ccc(NS(=O)(=O)c2ccc(C)cc2)cc1. The second kappa shape index (κ2) is 16.6. The van der Waals surface area contributed by atoms with Gasteiger partial charge in [-0.05, 0) is 49.7 Å². The predicted molar refractivity (Wildman–Crippen MR) is 144 cm³/mol. The van der Waals surface area contributed by atoms with E-state index in [-0.39, 0.29) is 4.90 Å². The van der Waals surface area contributed by atoms with E-state index in [0.717, 1.165) is 17.7 Å². The van der Waals surface area contributed by atoms with Crippen molar-refractivity contribution in [2.45, 2.75) is 109 Å². The van der Waals surface area contributed by atoms with Crippen LogP contribution in [-0.2, 0) is 10.0 Å². The van der Waals surface area contributed by atoms with Gasteiger partial charge in [-0.3, -0.25) is 4.72 Å². The van der Waals surface area contributed by atoms with Gasteiger partial charge < -0.3 is 4.74 Å². The fraction of sp³-hybridized carbons (Fsp3) is 0.586. The Hall–Kier alpha value is -2.01. The molecule has 1 N–H and O–H groups in total. The summed E-state index contributed by atoms with van der Waals surface area (Å²) in [5.41, 5.74) is 1.56. The van der Waals surface area contributed by atoms with Gasteiger partial charge in [0.1, 0.15) is 5.75 Å². The molecule has 0 bridgehead atoms. The van der Waals surface area contributed by atoms with Gasteiger partial charge in [-0.1, -0.05) is 108 Å². The highest BCUT2D eigenvalue weighted by molar-refractivity contribution is 7.92. The van der Waals surface area contributed by atoms with Crippen LogP contribution in [0.15, 0.2) is 53.4 Å². The molecule has 2 aromatic carbocycles. The van der Waals surface area contributed by atoms with Crippen molar-refractivity contribution in [2.24, 2.45) is 0 Å². The molecule has 0 amide bonds. The molecule has 0 saturated carbocycles. The van der Waals surface area contributed by atoms with Crippen LogP contribution in [0.5, 0.6) is 5.75 Å². The molecule has 0 aliphatic heterocycles. The average Bonchev–Trinajstić information content (AvgIpc) is 2.82. The zero-order chi connectivity index (χ0) is 24.5. The van der Waals surface area contributed by atoms with Crippen LogP contribution >= 0.6 is 0 Å². The van der Waals surface area contributed by atoms with Crippen LogP contribution in [-0.4, -0.2) is 15.0 Å². The van der Waals surface area contributed by atoms with Crippen LogP contribution in [0, 0.1) is 6.92 Å². The second-order valence-electron chi connectivity index (χ2n) is 9.39. The molecule has 190 valence electrons. The van der Waals surface area contributed by atoms with Crippen molar-refractivity contribution in [3.8, 4) is 5.75 Å². The molecule has 0 aliphatic carbocycles. The number of anilines is 1. The largest absolute Gasteiger partial charge is 0.494 e. The Kier molecular flexibility index (Phi) is 13.8. The zero-order valence-corrected chi connectivity index (χ0v) is 22.2. The molecule has 0 aromatic heterocycles. The van der Waals surface area contributed by atoms with E-state index >= 15 is 0 Å². The summed E-state index contributed by atoms with van der Waals surface area (Å²) in [7, 11) is -3.58. The van der Waals surface area contributed by atoms with Crippen LogP contribution in [0.25, 0.3) is 0 Å². The molecule has 0 spiro atoms. The van der Waals surface area contributed by atoms with Gasteiger partial charge in [-0.15, -0.1) is 0 Å². The molecule has 34 heavy (non-hydrogen) atoms. The first-order valence-electron chi connectivity index (χ1n) is 13.3. The monoisotopic (exact) mass is 487 g/mol. The summed E-state index contributed by atoms with van der Waals surface area (Å²) in [6.45, 7) is 4.91. The van der Waals surface area contributed by atoms with E-state index < -0.39 is 10.0 Å². The van der Waals surface area contributed by atoms with Gasteiger partial charge in [0.05, 0.1) is 11.5 Å². The number of rotatable bonds is 19. The molecule has 0 saturated heterocycles. The predicted octanol–water partition coefficient (Wildman–Crippen LogP) is 8.66. The Morgan fingerprint density at radius 2 is 1.12 bits per heavy atom. The third kappa shape index (κ3) is 11.9. The summed E-state index contributed by atoms with van der Waals surface area (Å²) in [6, 6.07) is 13.9. The zero-order valence-electron chi connectivity index (χ0n) is 21.4. The van der Waals surface area contributed by atoms with E-state index in [0.29, 0.717) is 12.3 Å². The highest BCUT2D eigenvalue weighted by Crippen LogP contribution is 2.20. The molecule has 0 unspecified atom stereocenters. The van der Waals surface area contributed by atoms with Crippen LogP contribution in [0.2, 0.25) is 0 Å². The lowest BCUT2D eigenvalue weighted by Crippen LogP contribution is -2.12. The molecule has 0 aliphatic rings. The molecule has 2 aromatic rings. The lowest BCUT2D eigenvalue weighted by Gasteiger charge is -2.10. The molecular weight excluding hydrogens is 442 g/mol. The van der Waals surface area contributed by atoms with Crippen LogP contribution in [0.4, 0.5) is 5.69 Å². The van der Waals surface area contributed by atoms with E-state index in [9.17, 15) is 8.42 Å². The van der Waals surface area contributed by atoms with Crippen molar-refractivity contribution in [2.75, 3.05) is 11.3 Å². The minimum atomic E-state index is -3.58. The van der Waals surface area contributed by atoms with E-state index in [1.807, 2.05) is 19.1 Å². The number of hydrogen-bond donors (Lipinski definition) is 1. The number of benzene rings is 2. The highest BCUT2D eigenvalue weighted by atomic mass is 32.2. The van der Waals surface area contributed by atoms with Gasteiger partial charge in [0.25, 0.3) is 10.0 Å². The summed E-state index contributed by atoms with van der Waals surface area (Å²) >= 11 is 0. The average molecular weight is 488 g/mol. The van der Waals surface area contributed by atoms with E-state index in [4.69, 9.17) is 4.74 Å². The maximum atomic E-state index is 12.5. The molecule has 0 atom stereocenters. The van der Waals surface area contributed by atoms with Crippen molar-refractivity contribution in [3.63, 3.8) is 0 Å². The Labute approximate surface area is 208 Å². The highest BCUT2D eigenvalue weighted by Gasteiger charge is 2.13. The lowest BCUT2D eigenvalue weighted by molar-refractivity contribution is 0.304. The number of sulfonamides is 1. The lowest BCUT2D eigenvalue weighted by atomic mass is 10.0. The number of ether oxygens (including phenoxy) is 1. The summed E-state index contributed by atoms with van der Waals surface area (Å²) in [5, 5.41) is 0. The Morgan fingerprint density at radius 3 is 1.62 bits per heavy atom. The fourth-order valence-electron chi connectivity index (χ4n) is 4.04. The molecule has 0 heterocycles. The normalized spacial score (nSPS) is 11.5. The minimum absolute atomic E-state index is 0.260. The number of hydrogen-bond acceptors (Lipinski definition) is 3. The smallest absolute Gasteiger partial charge is 0.261 e. The van der Waals surface area contributed by atoms with Crippen LogP contribution in [0.3, 0.4) is 0 Å². The summed E-state index contributed by atoms with van der Waals surface area (Å²) in [5.74, 6) is 0.771. The number of nitrogens with one attached hydrogen (secondary N) is 1. The molecule has 0 radical (unpaired) electrons. The third-order valence-corrected chi connectivity index (χ3v) is 7.60. The maximum absolute atomic E-state index is 12.5. The van der Waals surface area contributed by atoms with Gasteiger partial charge in [0, 0.05) is 5.69 Å². The quantitative estimate of drug-likeness (QED) is 0.202. The van der Waals surface area contributed by atoms with E-state index in [1.54, 1.807) is 36.4 Å². The number of aryl methyl sites for hydroxylation is 1. The van der Waals surface area contributed by atoms with Gasteiger partial charge in [0.15, 0.2) is 0 Å². The molecule has 4 nitrogen and oxygen atoms in total. The van der Waals surface area contributed by atoms with Gasteiger partial charge in [0.2, 0.25) is 0 Å². The van der Waals surface area contributed by atoms with Crippen LogP contribution in [0.1, 0.15) is 102 Å². The molecule has 2 rings (SSSR count). The minimum Gasteiger partial charge on any atom is -0.494 e. The first kappa shape index (κ1) is 28.2. The molecular formula is C29H45NO3S. The van der Waals surface area contributed by atoms with Crippen molar-refractivity contribution < 1.29 is 13.2 Å². The second-order valence-corrected chi connectivity index (χ2v) is 11.1. The number of unbranched alkanes of at least 4 members (excludes halogenated alkanes) is 13. The van der Waals surface area contributed by atoms with Crippen molar-refractivity contribution >= 4 is 15.7 Å². The Morgan fingerprint density at radius 1 is 0.647 bits per heavy atom. The first-order valence-corrected chi connectivity index (χ1v) is 14.8. The standard InChI is InChI=1S/C29H45NO3S/c1-3-4-5-6-7-8-9-10-11-12-13-14-15-16-25-33-28-21-19-27(20-22-28)30-34(31,32)29-23-17-26(2)18-24-29/h17-24,30H,3-16,25H2,1-2H3. The summed E-state index contributed by atoms with van der Waals surface area (Å²) in [4.78, 5) is 0.260. The molecule has 5 heteroatoms. The van der Waals surface area contributed by atoms with Crippen molar-refractivity contribution in [1.82, 2.24) is 0 Å². The summed E-state index contributed by atoms with van der Waals surface area (Å²) < 4.78 is 33.4. The van der Waals surface area contributed by atoms with E-state index in [2.05, 4.69) is 11.6 Å². The Balaban J connectivity index is 1.49. The van der Waals surface area contributed by atoms with Crippen molar-refractivity contribution in [3.05, 3.63) is 54.1 Å². The maximum Gasteiger partial charge on any atom is 0.261 e. The van der Waals surface area contributed by atoms with Gasteiger partial charge in [-0.2, -0.15) is 0 Å². The van der Waals surface area contributed by atoms with Gasteiger partial charge >= 0.3 is 0 Å². The topological polar surface area (TPSA) is 55.4 Å². The van der Waals surface area contributed by atoms with Crippen LogP contribution < -0.4 is 9.46 Å². The first-order chi connectivity index (χ1) is 16.5. The van der Waals surface area contributed by atoms with E-state index in [1.165, 1.54) is 83.5 Å². The Bertz CT molecular complexity index is 877. The van der Waals surface area contributed by atoms with Crippen molar-refractivity contribution in [1.29, 1.82) is 0 Å².